The second-order valence-electron chi connectivity index (χ2n) is 2.74. The van der Waals surface area contributed by atoms with E-state index in [-0.39, 0.29) is 11.6 Å². The largest absolute Gasteiger partial charge is 0.298 e. The average Bonchev–Trinajstić information content (AvgIpc) is 2.61. The molecule has 0 amide bonds. The Hall–Kier alpha value is -1.03. The highest BCUT2D eigenvalue weighted by Gasteiger charge is 2.35. The molecule has 1 aliphatic rings. The van der Waals surface area contributed by atoms with Gasteiger partial charge in [0.25, 0.3) is 0 Å². The third kappa shape index (κ3) is 1.08. The first-order valence-corrected chi connectivity index (χ1v) is 4.62. The Balaban J connectivity index is 2.34. The zero-order valence-corrected chi connectivity index (χ0v) is 7.13. The van der Waals surface area contributed by atoms with Gasteiger partial charge in [-0.05, 0) is 0 Å². The third-order valence-electron chi connectivity index (χ3n) is 1.96. The molecule has 1 heterocycles. The van der Waals surface area contributed by atoms with E-state index in [0.29, 0.717) is 17.8 Å². The van der Waals surface area contributed by atoms with Gasteiger partial charge in [-0.1, -0.05) is 0 Å². The first-order valence-electron chi connectivity index (χ1n) is 3.74. The lowest BCUT2D eigenvalue weighted by Gasteiger charge is -1.99. The lowest BCUT2D eigenvalue weighted by molar-refractivity contribution is -0.123. The fraction of sp³-hybridized carbons (Fsp3) is 0.375. The fourth-order valence-electron chi connectivity index (χ4n) is 1.37. The van der Waals surface area contributed by atoms with Gasteiger partial charge in [-0.3, -0.25) is 9.59 Å². The van der Waals surface area contributed by atoms with Crippen molar-refractivity contribution in [2.75, 3.05) is 0 Å². The predicted octanol–water partition coefficient (Wildman–Crippen LogP) is 1.16. The molecule has 0 aromatic carbocycles. The summed E-state index contributed by atoms with van der Waals surface area (Å²) in [5.41, 5.74) is 0. The SMILES string of the molecule is O=C1CCC(=O)C1c1nccs1. The van der Waals surface area contributed by atoms with Crippen LogP contribution in [0.15, 0.2) is 11.6 Å². The van der Waals surface area contributed by atoms with Crippen molar-refractivity contribution >= 4 is 22.9 Å². The van der Waals surface area contributed by atoms with Gasteiger partial charge in [-0.25, -0.2) is 4.98 Å². The molecule has 0 radical (unpaired) electrons. The first kappa shape index (κ1) is 7.61. The number of nitrogens with zero attached hydrogens (tertiary/aromatic N) is 1. The molecule has 0 aliphatic heterocycles. The van der Waals surface area contributed by atoms with Crippen LogP contribution in [0.3, 0.4) is 0 Å². The standard InChI is InChI=1S/C8H7NO2S/c10-5-1-2-6(11)7(5)8-9-3-4-12-8/h3-4,7H,1-2H2. The molecule has 0 spiro atoms. The molecule has 0 saturated heterocycles. The van der Waals surface area contributed by atoms with Crippen LogP contribution >= 0.6 is 11.3 Å². The van der Waals surface area contributed by atoms with Crippen LogP contribution in [0.4, 0.5) is 0 Å². The minimum absolute atomic E-state index is 0.0231. The molecule has 0 unspecified atom stereocenters. The summed E-state index contributed by atoms with van der Waals surface area (Å²) in [6.07, 6.45) is 2.41. The van der Waals surface area contributed by atoms with Crippen LogP contribution in [0, 0.1) is 0 Å². The normalized spacial score (nSPS) is 19.0. The first-order chi connectivity index (χ1) is 5.79. The fourth-order valence-corrected chi connectivity index (χ4v) is 2.15. The Kier molecular flexibility index (Phi) is 1.77. The third-order valence-corrected chi connectivity index (χ3v) is 2.80. The molecule has 4 heteroatoms. The Morgan fingerprint density at radius 2 is 2.00 bits per heavy atom. The summed E-state index contributed by atoms with van der Waals surface area (Å²) < 4.78 is 0. The van der Waals surface area contributed by atoms with Gasteiger partial charge in [-0.15, -0.1) is 11.3 Å². The minimum atomic E-state index is -0.537. The van der Waals surface area contributed by atoms with Crippen LogP contribution < -0.4 is 0 Å². The van der Waals surface area contributed by atoms with E-state index >= 15 is 0 Å². The van der Waals surface area contributed by atoms with Gasteiger partial charge in [-0.2, -0.15) is 0 Å². The number of aromatic nitrogens is 1. The number of carbonyl (C=O) groups excluding carboxylic acids is 2. The summed E-state index contributed by atoms with van der Waals surface area (Å²) >= 11 is 1.37. The zero-order chi connectivity index (χ0) is 8.55. The number of hydrogen-bond donors (Lipinski definition) is 0. The highest BCUT2D eigenvalue weighted by Crippen LogP contribution is 2.28. The van der Waals surface area contributed by atoms with E-state index in [1.807, 2.05) is 0 Å². The summed E-state index contributed by atoms with van der Waals surface area (Å²) in [4.78, 5) is 26.4. The van der Waals surface area contributed by atoms with E-state index in [2.05, 4.69) is 4.98 Å². The number of thiazole rings is 1. The summed E-state index contributed by atoms with van der Waals surface area (Å²) in [5, 5.41) is 2.44. The van der Waals surface area contributed by atoms with Gasteiger partial charge in [0.1, 0.15) is 10.9 Å². The van der Waals surface area contributed by atoms with Crippen molar-refractivity contribution < 1.29 is 9.59 Å². The van der Waals surface area contributed by atoms with E-state index in [1.165, 1.54) is 11.3 Å². The zero-order valence-electron chi connectivity index (χ0n) is 6.32. The van der Waals surface area contributed by atoms with E-state index < -0.39 is 5.92 Å². The average molecular weight is 181 g/mol. The van der Waals surface area contributed by atoms with Crippen molar-refractivity contribution in [3.63, 3.8) is 0 Å². The maximum absolute atomic E-state index is 11.2. The monoisotopic (exact) mass is 181 g/mol. The van der Waals surface area contributed by atoms with Crippen LogP contribution in [0.2, 0.25) is 0 Å². The number of rotatable bonds is 1. The van der Waals surface area contributed by atoms with Crippen LogP contribution in [-0.4, -0.2) is 16.6 Å². The van der Waals surface area contributed by atoms with E-state index in [4.69, 9.17) is 0 Å². The summed E-state index contributed by atoms with van der Waals surface area (Å²) in [6.45, 7) is 0. The van der Waals surface area contributed by atoms with E-state index in [9.17, 15) is 9.59 Å². The molecule has 12 heavy (non-hydrogen) atoms. The number of ketones is 2. The quantitative estimate of drug-likeness (QED) is 0.611. The van der Waals surface area contributed by atoms with Gasteiger partial charge in [0.2, 0.25) is 0 Å². The molecule has 1 aromatic heterocycles. The van der Waals surface area contributed by atoms with Gasteiger partial charge >= 0.3 is 0 Å². The lowest BCUT2D eigenvalue weighted by atomic mass is 10.1. The highest BCUT2D eigenvalue weighted by molar-refractivity contribution is 7.09. The number of hydrogen-bond acceptors (Lipinski definition) is 4. The maximum Gasteiger partial charge on any atom is 0.150 e. The van der Waals surface area contributed by atoms with Crippen LogP contribution in [0.25, 0.3) is 0 Å². The van der Waals surface area contributed by atoms with E-state index in [0.717, 1.165) is 0 Å². The van der Waals surface area contributed by atoms with Crippen molar-refractivity contribution in [3.8, 4) is 0 Å². The molecule has 1 saturated carbocycles. The molecule has 0 N–H and O–H groups in total. The maximum atomic E-state index is 11.2. The Labute approximate surface area is 73.4 Å². The van der Waals surface area contributed by atoms with Gasteiger partial charge in [0.15, 0.2) is 11.6 Å². The number of carbonyl (C=O) groups is 2. The molecule has 0 atom stereocenters. The van der Waals surface area contributed by atoms with Crippen LogP contribution in [0.5, 0.6) is 0 Å². The summed E-state index contributed by atoms with van der Waals surface area (Å²) in [7, 11) is 0. The van der Waals surface area contributed by atoms with Gasteiger partial charge < -0.3 is 0 Å². The van der Waals surface area contributed by atoms with Crippen molar-refractivity contribution in [2.45, 2.75) is 18.8 Å². The molecule has 2 rings (SSSR count). The van der Waals surface area contributed by atoms with Gasteiger partial charge in [0, 0.05) is 24.4 Å². The van der Waals surface area contributed by atoms with Crippen LogP contribution in [0.1, 0.15) is 23.8 Å². The summed E-state index contributed by atoms with van der Waals surface area (Å²) in [6, 6.07) is 0. The Bertz CT molecular complexity index is 302. The van der Waals surface area contributed by atoms with Crippen molar-refractivity contribution in [2.24, 2.45) is 0 Å². The molecule has 1 aromatic rings. The predicted molar refractivity (Wildman–Crippen MR) is 44.1 cm³/mol. The Morgan fingerprint density at radius 3 is 2.50 bits per heavy atom. The second-order valence-corrected chi connectivity index (χ2v) is 3.66. The smallest absolute Gasteiger partial charge is 0.150 e. The molecule has 3 nitrogen and oxygen atoms in total. The molecule has 0 bridgehead atoms. The molecule has 1 aliphatic carbocycles. The van der Waals surface area contributed by atoms with E-state index in [1.54, 1.807) is 11.6 Å². The minimum Gasteiger partial charge on any atom is -0.298 e. The van der Waals surface area contributed by atoms with Crippen LogP contribution in [-0.2, 0) is 9.59 Å². The lowest BCUT2D eigenvalue weighted by Crippen LogP contribution is -2.11. The highest BCUT2D eigenvalue weighted by atomic mass is 32.1. The topological polar surface area (TPSA) is 47.0 Å². The molecule has 1 fully saturated rings. The van der Waals surface area contributed by atoms with Crippen molar-refractivity contribution in [1.82, 2.24) is 4.98 Å². The molecular formula is C8H7NO2S. The Morgan fingerprint density at radius 1 is 1.33 bits per heavy atom. The van der Waals surface area contributed by atoms with Gasteiger partial charge in [0.05, 0.1) is 0 Å². The second kappa shape index (κ2) is 2.79. The van der Waals surface area contributed by atoms with Crippen molar-refractivity contribution in [3.05, 3.63) is 16.6 Å². The number of Topliss-reactive ketones (excluding diaryl/α,β-unsaturated/α-hetero) is 2. The molecular weight excluding hydrogens is 174 g/mol. The van der Waals surface area contributed by atoms with Crippen molar-refractivity contribution in [1.29, 1.82) is 0 Å². The summed E-state index contributed by atoms with van der Waals surface area (Å²) in [5.74, 6) is -0.491. The molecule has 62 valence electrons.